The summed E-state index contributed by atoms with van der Waals surface area (Å²) in [5.41, 5.74) is 7.73. The fourth-order valence-corrected chi connectivity index (χ4v) is 1.47. The molecule has 19 heavy (non-hydrogen) atoms. The van der Waals surface area contributed by atoms with Gasteiger partial charge in [0, 0.05) is 19.3 Å². The van der Waals surface area contributed by atoms with Gasteiger partial charge < -0.3 is 16.4 Å². The van der Waals surface area contributed by atoms with E-state index >= 15 is 0 Å². The minimum atomic E-state index is -0.210. The number of amides is 2. The molecule has 0 saturated heterocycles. The Hall–Kier alpha value is -1.81. The fraction of sp³-hybridized carbons (Fsp3) is 0.400. The van der Waals surface area contributed by atoms with Gasteiger partial charge in [-0.2, -0.15) is 0 Å². The van der Waals surface area contributed by atoms with Crippen molar-refractivity contribution in [2.45, 2.75) is 33.9 Å². The van der Waals surface area contributed by atoms with E-state index < -0.39 is 0 Å². The summed E-state index contributed by atoms with van der Waals surface area (Å²) in [6.07, 6.45) is 3.62. The van der Waals surface area contributed by atoms with Crippen LogP contribution in [0.4, 0.5) is 4.79 Å². The normalized spacial score (nSPS) is 11.6. The second kappa shape index (κ2) is 6.95. The zero-order valence-corrected chi connectivity index (χ0v) is 11.9. The Morgan fingerprint density at radius 3 is 2.63 bits per heavy atom. The van der Waals surface area contributed by atoms with E-state index in [0.717, 1.165) is 11.1 Å². The van der Waals surface area contributed by atoms with Crippen molar-refractivity contribution in [3.05, 3.63) is 47.7 Å². The molecule has 0 spiro atoms. The third-order valence-electron chi connectivity index (χ3n) is 2.48. The molecular formula is C15H23N3O. The largest absolute Gasteiger partial charge is 0.334 e. The maximum absolute atomic E-state index is 11.6. The van der Waals surface area contributed by atoms with E-state index in [9.17, 15) is 4.79 Å². The average Bonchev–Trinajstić information content (AvgIpc) is 2.35. The van der Waals surface area contributed by atoms with Crippen LogP contribution < -0.4 is 16.4 Å². The molecule has 0 atom stereocenters. The summed E-state index contributed by atoms with van der Waals surface area (Å²) in [5, 5.41) is 5.48. The first-order valence-electron chi connectivity index (χ1n) is 6.41. The van der Waals surface area contributed by atoms with E-state index in [-0.39, 0.29) is 11.4 Å². The van der Waals surface area contributed by atoms with Crippen LogP contribution in [0.1, 0.15) is 31.9 Å². The van der Waals surface area contributed by atoms with Gasteiger partial charge in [-0.05, 0) is 16.5 Å². The number of hydrogen-bond acceptors (Lipinski definition) is 2. The summed E-state index contributed by atoms with van der Waals surface area (Å²) >= 11 is 0. The number of benzene rings is 1. The number of carbonyl (C=O) groups is 1. The number of nitrogens with one attached hydrogen (secondary N) is 2. The molecule has 1 rings (SSSR count). The maximum Gasteiger partial charge on any atom is 0.319 e. The third kappa shape index (κ3) is 6.62. The minimum Gasteiger partial charge on any atom is -0.334 e. The summed E-state index contributed by atoms with van der Waals surface area (Å²) in [6, 6.07) is 7.65. The van der Waals surface area contributed by atoms with Gasteiger partial charge in [-0.25, -0.2) is 4.79 Å². The molecule has 4 heteroatoms. The molecule has 0 unspecified atom stereocenters. The maximum atomic E-state index is 11.6. The molecule has 4 N–H and O–H groups in total. The van der Waals surface area contributed by atoms with Gasteiger partial charge in [0.05, 0.1) is 0 Å². The van der Waals surface area contributed by atoms with Gasteiger partial charge in [0.25, 0.3) is 0 Å². The lowest BCUT2D eigenvalue weighted by atomic mass is 9.97. The minimum absolute atomic E-state index is 0.0583. The van der Waals surface area contributed by atoms with E-state index in [0.29, 0.717) is 13.1 Å². The zero-order chi connectivity index (χ0) is 14.3. The molecule has 0 fully saturated rings. The molecule has 0 radical (unpaired) electrons. The first-order valence-corrected chi connectivity index (χ1v) is 6.41. The summed E-state index contributed by atoms with van der Waals surface area (Å²) in [6.45, 7) is 7.21. The number of rotatable bonds is 4. The van der Waals surface area contributed by atoms with Crippen molar-refractivity contribution >= 4 is 6.03 Å². The number of urea groups is 1. The van der Waals surface area contributed by atoms with Crippen LogP contribution in [-0.4, -0.2) is 6.03 Å². The van der Waals surface area contributed by atoms with Gasteiger partial charge in [0.1, 0.15) is 0 Å². The SMILES string of the molecule is CC(C)(C)/C=C/NC(=O)NCc1cccc(CN)c1. The van der Waals surface area contributed by atoms with Gasteiger partial charge in [-0.15, -0.1) is 0 Å². The van der Waals surface area contributed by atoms with Crippen LogP contribution in [0.25, 0.3) is 0 Å². The van der Waals surface area contributed by atoms with Gasteiger partial charge in [-0.1, -0.05) is 51.1 Å². The van der Waals surface area contributed by atoms with Crippen LogP contribution in [0.5, 0.6) is 0 Å². The van der Waals surface area contributed by atoms with Crippen molar-refractivity contribution in [2.75, 3.05) is 0 Å². The lowest BCUT2D eigenvalue weighted by Crippen LogP contribution is -2.31. The molecule has 4 nitrogen and oxygen atoms in total. The molecule has 1 aromatic carbocycles. The van der Waals surface area contributed by atoms with Crippen molar-refractivity contribution in [1.29, 1.82) is 0 Å². The van der Waals surface area contributed by atoms with E-state index in [1.54, 1.807) is 6.20 Å². The Balaban J connectivity index is 2.39. The Bertz CT molecular complexity index is 447. The van der Waals surface area contributed by atoms with Crippen LogP contribution >= 0.6 is 0 Å². The van der Waals surface area contributed by atoms with Crippen LogP contribution in [0.3, 0.4) is 0 Å². The summed E-state index contributed by atoms with van der Waals surface area (Å²) < 4.78 is 0. The highest BCUT2D eigenvalue weighted by molar-refractivity contribution is 5.74. The Morgan fingerprint density at radius 1 is 1.32 bits per heavy atom. The second-order valence-electron chi connectivity index (χ2n) is 5.55. The van der Waals surface area contributed by atoms with Gasteiger partial charge >= 0.3 is 6.03 Å². The molecule has 0 aliphatic carbocycles. The smallest absolute Gasteiger partial charge is 0.319 e. The van der Waals surface area contributed by atoms with Crippen LogP contribution in [-0.2, 0) is 13.1 Å². The van der Waals surface area contributed by atoms with E-state index in [1.807, 2.05) is 30.3 Å². The van der Waals surface area contributed by atoms with E-state index in [2.05, 4.69) is 31.4 Å². The van der Waals surface area contributed by atoms with Crippen LogP contribution in [0, 0.1) is 5.41 Å². The van der Waals surface area contributed by atoms with Crippen LogP contribution in [0.2, 0.25) is 0 Å². The van der Waals surface area contributed by atoms with Crippen molar-refractivity contribution in [3.8, 4) is 0 Å². The Labute approximate surface area is 115 Å². The number of hydrogen-bond donors (Lipinski definition) is 3. The molecule has 0 aliphatic heterocycles. The number of allylic oxidation sites excluding steroid dienone is 1. The first-order chi connectivity index (χ1) is 8.90. The second-order valence-corrected chi connectivity index (χ2v) is 5.55. The molecule has 104 valence electrons. The first kappa shape index (κ1) is 15.2. The van der Waals surface area contributed by atoms with E-state index in [4.69, 9.17) is 5.73 Å². The lowest BCUT2D eigenvalue weighted by molar-refractivity contribution is 0.243. The zero-order valence-electron chi connectivity index (χ0n) is 11.9. The summed E-state index contributed by atoms with van der Waals surface area (Å²) in [7, 11) is 0. The standard InChI is InChI=1S/C15H23N3O/c1-15(2,3)7-8-17-14(19)18-11-13-6-4-5-12(9-13)10-16/h4-9H,10-11,16H2,1-3H3,(H2,17,18,19)/b8-7+. The third-order valence-corrected chi connectivity index (χ3v) is 2.48. The molecule has 0 bridgehead atoms. The van der Waals surface area contributed by atoms with Crippen molar-refractivity contribution in [1.82, 2.24) is 10.6 Å². The summed E-state index contributed by atoms with van der Waals surface area (Å²) in [4.78, 5) is 11.6. The van der Waals surface area contributed by atoms with Crippen molar-refractivity contribution < 1.29 is 4.79 Å². The Kier molecular flexibility index (Phi) is 5.57. The average molecular weight is 261 g/mol. The molecule has 0 heterocycles. The number of nitrogens with two attached hydrogens (primary N) is 1. The van der Waals surface area contributed by atoms with Crippen LogP contribution in [0.15, 0.2) is 36.5 Å². The fourth-order valence-electron chi connectivity index (χ4n) is 1.47. The molecule has 0 saturated carbocycles. The van der Waals surface area contributed by atoms with Gasteiger partial charge in [0.2, 0.25) is 0 Å². The monoisotopic (exact) mass is 261 g/mol. The molecule has 0 aromatic heterocycles. The molecular weight excluding hydrogens is 238 g/mol. The molecule has 2 amide bonds. The molecule has 0 aliphatic rings. The predicted octanol–water partition coefficient (Wildman–Crippen LogP) is 2.50. The highest BCUT2D eigenvalue weighted by Crippen LogP contribution is 2.13. The lowest BCUT2D eigenvalue weighted by Gasteiger charge is -2.11. The quantitative estimate of drug-likeness (QED) is 0.779. The van der Waals surface area contributed by atoms with Crippen molar-refractivity contribution in [3.63, 3.8) is 0 Å². The highest BCUT2D eigenvalue weighted by Gasteiger charge is 2.04. The Morgan fingerprint density at radius 2 is 2.00 bits per heavy atom. The number of carbonyl (C=O) groups excluding carboxylic acids is 1. The van der Waals surface area contributed by atoms with Gasteiger partial charge in [0.15, 0.2) is 0 Å². The highest BCUT2D eigenvalue weighted by atomic mass is 16.2. The molecule has 1 aromatic rings. The predicted molar refractivity (Wildman–Crippen MR) is 78.3 cm³/mol. The topological polar surface area (TPSA) is 67.2 Å². The van der Waals surface area contributed by atoms with E-state index in [1.165, 1.54) is 0 Å². The summed E-state index contributed by atoms with van der Waals surface area (Å²) in [5.74, 6) is 0. The van der Waals surface area contributed by atoms with Gasteiger partial charge in [-0.3, -0.25) is 0 Å². The van der Waals surface area contributed by atoms with Crippen molar-refractivity contribution in [2.24, 2.45) is 11.1 Å².